The Morgan fingerprint density at radius 1 is 1.25 bits per heavy atom. The third-order valence-electron chi connectivity index (χ3n) is 4.42. The average molecular weight is 378 g/mol. The van der Waals surface area contributed by atoms with Gasteiger partial charge in [0.05, 0.1) is 6.42 Å². The Balaban J connectivity index is 1.43. The number of anilines is 2. The molecule has 28 heavy (non-hydrogen) atoms. The molecular formula is C18H14N6O4. The molecule has 2 aliphatic heterocycles. The van der Waals surface area contributed by atoms with Gasteiger partial charge in [0.15, 0.2) is 17.3 Å². The molecule has 1 atom stereocenters. The van der Waals surface area contributed by atoms with Gasteiger partial charge >= 0.3 is 0 Å². The summed E-state index contributed by atoms with van der Waals surface area (Å²) in [6.45, 7) is 0.148. The van der Waals surface area contributed by atoms with Crippen molar-refractivity contribution in [2.45, 2.75) is 12.5 Å². The molecule has 3 aromatic rings. The van der Waals surface area contributed by atoms with E-state index in [1.54, 1.807) is 42.7 Å². The van der Waals surface area contributed by atoms with Gasteiger partial charge in [0, 0.05) is 29.7 Å². The van der Waals surface area contributed by atoms with Gasteiger partial charge in [-0.3, -0.25) is 19.9 Å². The second-order valence-corrected chi connectivity index (χ2v) is 6.27. The van der Waals surface area contributed by atoms with Crippen molar-refractivity contribution in [1.29, 1.82) is 0 Å². The quantitative estimate of drug-likeness (QED) is 0.710. The molecule has 0 fully saturated rings. The Morgan fingerprint density at radius 2 is 2.14 bits per heavy atom. The van der Waals surface area contributed by atoms with E-state index in [2.05, 4.69) is 25.7 Å². The molecule has 1 aromatic carbocycles. The van der Waals surface area contributed by atoms with Crippen molar-refractivity contribution in [3.05, 3.63) is 42.7 Å². The minimum Gasteiger partial charge on any atom is -0.454 e. The van der Waals surface area contributed by atoms with Crippen LogP contribution >= 0.6 is 0 Å². The van der Waals surface area contributed by atoms with E-state index in [4.69, 9.17) is 9.47 Å². The highest BCUT2D eigenvalue weighted by Crippen LogP contribution is 2.35. The lowest BCUT2D eigenvalue weighted by molar-refractivity contribution is -0.125. The van der Waals surface area contributed by atoms with E-state index in [1.165, 1.54) is 4.68 Å². The maximum Gasteiger partial charge on any atom is 0.249 e. The second kappa shape index (κ2) is 6.34. The van der Waals surface area contributed by atoms with Crippen LogP contribution in [0.25, 0.3) is 11.4 Å². The fourth-order valence-electron chi connectivity index (χ4n) is 3.08. The molecule has 0 bridgehead atoms. The normalized spacial score (nSPS) is 17.0. The van der Waals surface area contributed by atoms with Gasteiger partial charge in [-0.25, -0.2) is 4.68 Å². The van der Waals surface area contributed by atoms with E-state index in [-0.39, 0.29) is 31.0 Å². The standard InChI is InChI=1S/C18H14N6O4/c25-15-7-12(17(26)20-11-3-4-13-14(6-11)28-9-27-13)24-18(21-15)22-16(23-24)10-2-1-5-19-8-10/h1-6,8,12H,7,9H2,(H,20,26)(H,21,22,23,25)/t12-/m1/s1. The molecule has 2 aromatic heterocycles. The van der Waals surface area contributed by atoms with Crippen LogP contribution in [0.2, 0.25) is 0 Å². The van der Waals surface area contributed by atoms with Gasteiger partial charge in [-0.05, 0) is 24.3 Å². The summed E-state index contributed by atoms with van der Waals surface area (Å²) in [4.78, 5) is 33.3. The number of benzene rings is 1. The Labute approximate surface area is 158 Å². The van der Waals surface area contributed by atoms with Crippen LogP contribution in [0.3, 0.4) is 0 Å². The molecule has 2 N–H and O–H groups in total. The highest BCUT2D eigenvalue weighted by atomic mass is 16.7. The molecule has 10 nitrogen and oxygen atoms in total. The van der Waals surface area contributed by atoms with Crippen LogP contribution in [0.5, 0.6) is 11.5 Å². The van der Waals surface area contributed by atoms with E-state index in [0.29, 0.717) is 28.6 Å². The van der Waals surface area contributed by atoms with Crippen LogP contribution in [0.1, 0.15) is 12.5 Å². The molecular weight excluding hydrogens is 364 g/mol. The van der Waals surface area contributed by atoms with Gasteiger partial charge in [0.2, 0.25) is 24.6 Å². The highest BCUT2D eigenvalue weighted by Gasteiger charge is 2.33. The largest absolute Gasteiger partial charge is 0.454 e. The molecule has 0 spiro atoms. The van der Waals surface area contributed by atoms with Gasteiger partial charge < -0.3 is 14.8 Å². The molecule has 2 aliphatic rings. The van der Waals surface area contributed by atoms with Gasteiger partial charge in [0.1, 0.15) is 6.04 Å². The van der Waals surface area contributed by atoms with Gasteiger partial charge in [-0.1, -0.05) is 0 Å². The SMILES string of the molecule is O=C1C[C@H](C(=O)Nc2ccc3c(c2)OCO3)n2nc(-c3cccnc3)nc2N1. The molecule has 140 valence electrons. The number of fused-ring (bicyclic) bond motifs is 2. The molecule has 0 aliphatic carbocycles. The number of rotatable bonds is 3. The summed E-state index contributed by atoms with van der Waals surface area (Å²) in [6, 6.07) is 7.83. The third kappa shape index (κ3) is 2.80. The predicted molar refractivity (Wildman–Crippen MR) is 96.7 cm³/mol. The number of hydrogen-bond donors (Lipinski definition) is 2. The van der Waals surface area contributed by atoms with E-state index in [9.17, 15) is 9.59 Å². The first-order chi connectivity index (χ1) is 13.7. The zero-order valence-corrected chi connectivity index (χ0v) is 14.5. The Hall–Kier alpha value is -3.95. The molecule has 0 saturated carbocycles. The molecule has 5 rings (SSSR count). The summed E-state index contributed by atoms with van der Waals surface area (Å²) in [5, 5.41) is 9.85. The number of nitrogens with one attached hydrogen (secondary N) is 2. The number of carbonyl (C=O) groups excluding carboxylic acids is 2. The Bertz CT molecular complexity index is 1080. The van der Waals surface area contributed by atoms with Gasteiger partial charge in [-0.15, -0.1) is 5.10 Å². The van der Waals surface area contributed by atoms with Crippen LogP contribution < -0.4 is 20.1 Å². The zero-order valence-electron chi connectivity index (χ0n) is 14.5. The monoisotopic (exact) mass is 378 g/mol. The summed E-state index contributed by atoms with van der Waals surface area (Å²) in [7, 11) is 0. The van der Waals surface area contributed by atoms with Crippen molar-refractivity contribution in [1.82, 2.24) is 19.7 Å². The zero-order chi connectivity index (χ0) is 19.1. The first-order valence-corrected chi connectivity index (χ1v) is 8.55. The number of carbonyl (C=O) groups is 2. The van der Waals surface area contributed by atoms with Crippen molar-refractivity contribution in [3.63, 3.8) is 0 Å². The lowest BCUT2D eigenvalue weighted by Gasteiger charge is -2.22. The van der Waals surface area contributed by atoms with Crippen molar-refractivity contribution < 1.29 is 19.1 Å². The van der Waals surface area contributed by atoms with Crippen LogP contribution in [-0.4, -0.2) is 38.4 Å². The second-order valence-electron chi connectivity index (χ2n) is 6.27. The van der Waals surface area contributed by atoms with Gasteiger partial charge in [-0.2, -0.15) is 4.98 Å². The minimum absolute atomic E-state index is 0.0424. The van der Waals surface area contributed by atoms with E-state index in [0.717, 1.165) is 0 Å². The minimum atomic E-state index is -0.827. The number of nitrogens with zero attached hydrogens (tertiary/aromatic N) is 4. The number of ether oxygens (including phenoxy) is 2. The molecule has 10 heteroatoms. The molecule has 0 unspecified atom stereocenters. The highest BCUT2D eigenvalue weighted by molar-refractivity contribution is 6.01. The van der Waals surface area contributed by atoms with Crippen molar-refractivity contribution in [3.8, 4) is 22.9 Å². The maximum absolute atomic E-state index is 12.9. The van der Waals surface area contributed by atoms with E-state index < -0.39 is 6.04 Å². The summed E-state index contributed by atoms with van der Waals surface area (Å²) in [5.74, 6) is 1.10. The average Bonchev–Trinajstić information content (AvgIpc) is 3.34. The number of hydrogen-bond acceptors (Lipinski definition) is 7. The number of pyridine rings is 1. The van der Waals surface area contributed by atoms with Crippen molar-refractivity contribution in [2.24, 2.45) is 0 Å². The lowest BCUT2D eigenvalue weighted by atomic mass is 10.1. The first-order valence-electron chi connectivity index (χ1n) is 8.55. The smallest absolute Gasteiger partial charge is 0.249 e. The first kappa shape index (κ1) is 16.2. The maximum atomic E-state index is 12.9. The molecule has 4 heterocycles. The number of amides is 2. The van der Waals surface area contributed by atoms with Gasteiger partial charge in [0.25, 0.3) is 0 Å². The predicted octanol–water partition coefficient (Wildman–Crippen LogP) is 1.59. The van der Waals surface area contributed by atoms with Crippen LogP contribution in [-0.2, 0) is 9.59 Å². The van der Waals surface area contributed by atoms with E-state index >= 15 is 0 Å². The molecule has 0 radical (unpaired) electrons. The third-order valence-corrected chi connectivity index (χ3v) is 4.42. The summed E-state index contributed by atoms with van der Waals surface area (Å²) in [5.41, 5.74) is 1.22. The van der Waals surface area contributed by atoms with Crippen molar-refractivity contribution in [2.75, 3.05) is 17.4 Å². The number of aromatic nitrogens is 4. The van der Waals surface area contributed by atoms with Crippen LogP contribution in [0, 0.1) is 0 Å². The van der Waals surface area contributed by atoms with Crippen LogP contribution in [0.15, 0.2) is 42.7 Å². The van der Waals surface area contributed by atoms with E-state index in [1.807, 2.05) is 0 Å². The fourth-order valence-corrected chi connectivity index (χ4v) is 3.08. The van der Waals surface area contributed by atoms with Crippen LogP contribution in [0.4, 0.5) is 11.6 Å². The molecule has 2 amide bonds. The van der Waals surface area contributed by atoms with Crippen molar-refractivity contribution >= 4 is 23.5 Å². The Kier molecular flexibility index (Phi) is 3.68. The molecule has 0 saturated heterocycles. The summed E-state index contributed by atoms with van der Waals surface area (Å²) >= 11 is 0. The fraction of sp³-hybridized carbons (Fsp3) is 0.167. The summed E-state index contributed by atoms with van der Waals surface area (Å²) < 4.78 is 12.0. The lowest BCUT2D eigenvalue weighted by Crippen LogP contribution is -2.36. The Morgan fingerprint density at radius 3 is 3.00 bits per heavy atom. The summed E-state index contributed by atoms with van der Waals surface area (Å²) in [6.07, 6.45) is 3.22. The topological polar surface area (TPSA) is 120 Å².